The van der Waals surface area contributed by atoms with Crippen molar-refractivity contribution in [3.8, 4) is 0 Å². The molecule has 0 saturated carbocycles. The molecule has 5 heteroatoms. The van der Waals surface area contributed by atoms with Crippen molar-refractivity contribution in [1.29, 1.82) is 0 Å². The summed E-state index contributed by atoms with van der Waals surface area (Å²) in [4.78, 5) is 15.3. The molecule has 138 valence electrons. The van der Waals surface area contributed by atoms with Crippen molar-refractivity contribution in [3.05, 3.63) is 60.2 Å². The second-order valence-electron chi connectivity index (χ2n) is 6.67. The Morgan fingerprint density at radius 2 is 1.81 bits per heavy atom. The van der Waals surface area contributed by atoms with Gasteiger partial charge in [-0.3, -0.25) is 4.79 Å². The van der Waals surface area contributed by atoms with Gasteiger partial charge < -0.3 is 15.4 Å². The van der Waals surface area contributed by atoms with Gasteiger partial charge in [-0.2, -0.15) is 0 Å². The molecule has 1 fully saturated rings. The van der Waals surface area contributed by atoms with Gasteiger partial charge in [-0.05, 0) is 49.7 Å². The van der Waals surface area contributed by atoms with Crippen molar-refractivity contribution in [2.24, 2.45) is 5.41 Å². The first-order valence-electron chi connectivity index (χ1n) is 9.02. The molecule has 0 aromatic heterocycles. The zero-order valence-corrected chi connectivity index (χ0v) is 16.0. The molecule has 2 N–H and O–H groups in total. The predicted octanol–water partition coefficient (Wildman–Crippen LogP) is 3.47. The fraction of sp³-hybridized carbons (Fsp3) is 0.381. The maximum absolute atomic E-state index is 12.9. The lowest BCUT2D eigenvalue weighted by Crippen LogP contribution is -2.50. The number of nitrogens with one attached hydrogen (secondary N) is 2. The highest BCUT2D eigenvalue weighted by Gasteiger charge is 2.39. The van der Waals surface area contributed by atoms with E-state index in [2.05, 4.69) is 34.9 Å². The van der Waals surface area contributed by atoms with Gasteiger partial charge in [-0.25, -0.2) is 0 Å². The van der Waals surface area contributed by atoms with Crippen molar-refractivity contribution in [1.82, 2.24) is 10.6 Å². The molecule has 3 rings (SSSR count). The minimum Gasteiger partial charge on any atom is -0.384 e. The number of rotatable bonds is 7. The number of carbonyl (C=O) groups is 1. The molecule has 2 aromatic rings. The largest absolute Gasteiger partial charge is 0.384 e. The lowest BCUT2D eigenvalue weighted by atomic mass is 9.78. The van der Waals surface area contributed by atoms with Crippen LogP contribution in [0.1, 0.15) is 18.4 Å². The number of ether oxygens (including phenoxy) is 1. The summed E-state index contributed by atoms with van der Waals surface area (Å²) in [6.45, 7) is 2.73. The van der Waals surface area contributed by atoms with Crippen molar-refractivity contribution < 1.29 is 9.53 Å². The van der Waals surface area contributed by atoms with E-state index < -0.39 is 5.41 Å². The third-order valence-electron chi connectivity index (χ3n) is 4.85. The number of piperidine rings is 1. The lowest BCUT2D eigenvalue weighted by Gasteiger charge is -2.35. The molecule has 0 radical (unpaired) electrons. The normalized spacial score (nSPS) is 16.2. The molecule has 1 aliphatic heterocycles. The highest BCUT2D eigenvalue weighted by atomic mass is 32.2. The van der Waals surface area contributed by atoms with Gasteiger partial charge in [0, 0.05) is 23.4 Å². The Bertz CT molecular complexity index is 709. The first-order chi connectivity index (χ1) is 12.7. The average Bonchev–Trinajstić information content (AvgIpc) is 2.69. The molecular weight excluding hydrogens is 344 g/mol. The zero-order chi connectivity index (χ0) is 18.2. The highest BCUT2D eigenvalue weighted by Crippen LogP contribution is 2.32. The predicted molar refractivity (Wildman–Crippen MR) is 105 cm³/mol. The van der Waals surface area contributed by atoms with Crippen LogP contribution in [0.4, 0.5) is 0 Å². The summed E-state index contributed by atoms with van der Waals surface area (Å²) >= 11 is 1.72. The van der Waals surface area contributed by atoms with Gasteiger partial charge in [0.15, 0.2) is 0 Å². The summed E-state index contributed by atoms with van der Waals surface area (Å²) in [6.07, 6.45) is 1.63. The van der Waals surface area contributed by atoms with E-state index in [1.807, 2.05) is 30.3 Å². The van der Waals surface area contributed by atoms with Crippen LogP contribution in [0.3, 0.4) is 0 Å². The van der Waals surface area contributed by atoms with Gasteiger partial charge in [0.05, 0.1) is 12.0 Å². The Kier molecular flexibility index (Phi) is 6.72. The number of hydrogen-bond donors (Lipinski definition) is 2. The quantitative estimate of drug-likeness (QED) is 0.784. The molecule has 0 bridgehead atoms. The number of carbonyl (C=O) groups excluding carboxylic acids is 1. The van der Waals surface area contributed by atoms with Crippen molar-refractivity contribution in [2.45, 2.75) is 29.2 Å². The third-order valence-corrected chi connectivity index (χ3v) is 5.97. The van der Waals surface area contributed by atoms with Crippen LogP contribution in [0.5, 0.6) is 0 Å². The van der Waals surface area contributed by atoms with Gasteiger partial charge in [-0.15, -0.1) is 0 Å². The molecule has 2 aromatic carbocycles. The molecule has 0 aliphatic carbocycles. The zero-order valence-electron chi connectivity index (χ0n) is 15.2. The summed E-state index contributed by atoms with van der Waals surface area (Å²) in [5.41, 5.74) is 0.720. The fourth-order valence-electron chi connectivity index (χ4n) is 3.35. The minimum absolute atomic E-state index is 0.0976. The Balaban J connectivity index is 1.68. The Morgan fingerprint density at radius 1 is 1.12 bits per heavy atom. The van der Waals surface area contributed by atoms with Gasteiger partial charge in [0.1, 0.15) is 0 Å². The Labute approximate surface area is 159 Å². The van der Waals surface area contributed by atoms with Gasteiger partial charge in [0.2, 0.25) is 5.91 Å². The van der Waals surface area contributed by atoms with E-state index in [9.17, 15) is 4.79 Å². The van der Waals surface area contributed by atoms with E-state index in [4.69, 9.17) is 4.74 Å². The maximum atomic E-state index is 12.9. The molecule has 0 atom stereocenters. The number of amides is 1. The van der Waals surface area contributed by atoms with Crippen LogP contribution in [-0.4, -0.2) is 32.7 Å². The summed E-state index contributed by atoms with van der Waals surface area (Å²) in [5, 5.41) is 6.48. The molecule has 0 spiro atoms. The Hall–Kier alpha value is -1.82. The van der Waals surface area contributed by atoms with E-state index in [1.165, 1.54) is 9.79 Å². The molecule has 1 aliphatic rings. The molecular formula is C21H26N2O2S. The molecule has 4 nitrogen and oxygen atoms in total. The monoisotopic (exact) mass is 370 g/mol. The first kappa shape index (κ1) is 19.0. The standard InChI is InChI=1S/C21H26N2O2S/c1-25-16-21(11-13-22-14-12-21)20(24)23-15-17-7-5-6-10-19(17)26-18-8-3-2-4-9-18/h2-10,22H,11-16H2,1H3,(H,23,24). The van der Waals surface area contributed by atoms with Crippen LogP contribution in [0.15, 0.2) is 64.4 Å². The fourth-order valence-corrected chi connectivity index (χ4v) is 4.31. The summed E-state index contributed by atoms with van der Waals surface area (Å²) < 4.78 is 5.37. The van der Waals surface area contributed by atoms with Gasteiger partial charge in [-0.1, -0.05) is 48.2 Å². The molecule has 26 heavy (non-hydrogen) atoms. The van der Waals surface area contributed by atoms with Gasteiger partial charge >= 0.3 is 0 Å². The summed E-state index contributed by atoms with van der Waals surface area (Å²) in [6, 6.07) is 18.5. The third kappa shape index (κ3) is 4.67. The van der Waals surface area contributed by atoms with Crippen LogP contribution in [0.2, 0.25) is 0 Å². The molecule has 1 amide bonds. The van der Waals surface area contributed by atoms with Crippen molar-refractivity contribution in [2.75, 3.05) is 26.8 Å². The molecule has 0 unspecified atom stereocenters. The summed E-state index contributed by atoms with van der Waals surface area (Å²) in [7, 11) is 1.67. The second kappa shape index (κ2) is 9.21. The van der Waals surface area contributed by atoms with E-state index in [0.29, 0.717) is 13.2 Å². The molecule has 1 saturated heterocycles. The van der Waals surface area contributed by atoms with Gasteiger partial charge in [0.25, 0.3) is 0 Å². The Morgan fingerprint density at radius 3 is 2.54 bits per heavy atom. The van der Waals surface area contributed by atoms with Crippen LogP contribution < -0.4 is 10.6 Å². The van der Waals surface area contributed by atoms with Crippen LogP contribution in [0.25, 0.3) is 0 Å². The number of methoxy groups -OCH3 is 1. The SMILES string of the molecule is COCC1(C(=O)NCc2ccccc2Sc2ccccc2)CCNCC1. The second-order valence-corrected chi connectivity index (χ2v) is 7.78. The van der Waals surface area contributed by atoms with E-state index >= 15 is 0 Å². The summed E-state index contributed by atoms with van der Waals surface area (Å²) in [5.74, 6) is 0.0976. The van der Waals surface area contributed by atoms with E-state index in [1.54, 1.807) is 18.9 Å². The van der Waals surface area contributed by atoms with E-state index in [0.717, 1.165) is 31.5 Å². The first-order valence-corrected chi connectivity index (χ1v) is 9.84. The number of hydrogen-bond acceptors (Lipinski definition) is 4. The topological polar surface area (TPSA) is 50.4 Å². The molecule has 1 heterocycles. The van der Waals surface area contributed by atoms with Crippen molar-refractivity contribution in [3.63, 3.8) is 0 Å². The van der Waals surface area contributed by atoms with Crippen molar-refractivity contribution >= 4 is 17.7 Å². The number of benzene rings is 2. The average molecular weight is 371 g/mol. The smallest absolute Gasteiger partial charge is 0.228 e. The maximum Gasteiger partial charge on any atom is 0.228 e. The van der Waals surface area contributed by atoms with Crippen LogP contribution in [-0.2, 0) is 16.1 Å². The van der Waals surface area contributed by atoms with Crippen LogP contribution >= 0.6 is 11.8 Å². The van der Waals surface area contributed by atoms with E-state index in [-0.39, 0.29) is 5.91 Å². The minimum atomic E-state index is -0.415. The highest BCUT2D eigenvalue weighted by molar-refractivity contribution is 7.99. The van der Waals surface area contributed by atoms with Crippen LogP contribution in [0, 0.1) is 5.41 Å². The lowest BCUT2D eigenvalue weighted by molar-refractivity contribution is -0.136.